The topological polar surface area (TPSA) is 43.6 Å². The highest BCUT2D eigenvalue weighted by atomic mass is 32.1. The van der Waals surface area contributed by atoms with Gasteiger partial charge >= 0.3 is 0 Å². The molecule has 26 heavy (non-hydrogen) atoms. The van der Waals surface area contributed by atoms with Gasteiger partial charge in [0, 0.05) is 19.7 Å². The van der Waals surface area contributed by atoms with E-state index >= 15 is 0 Å². The predicted octanol–water partition coefficient (Wildman–Crippen LogP) is 3.44. The third-order valence-electron chi connectivity index (χ3n) is 3.70. The standard InChI is InChI=1S/C18H15F3N2O2S/c1-25-7-6-23-17-14(21)9-13(20)10-15(17)26-18(23)22-16(24)8-11-2-4-12(19)5-3-11/h2-5,9-10H,6-8H2,1H3. The Balaban J connectivity index is 2.01. The fourth-order valence-corrected chi connectivity index (χ4v) is 3.64. The third-order valence-corrected chi connectivity index (χ3v) is 4.73. The Kier molecular flexibility index (Phi) is 5.53. The van der Waals surface area contributed by atoms with Crippen molar-refractivity contribution in [3.8, 4) is 0 Å². The van der Waals surface area contributed by atoms with Gasteiger partial charge in [0.2, 0.25) is 0 Å². The van der Waals surface area contributed by atoms with Crippen molar-refractivity contribution in [2.24, 2.45) is 4.99 Å². The van der Waals surface area contributed by atoms with Crippen molar-refractivity contribution in [1.82, 2.24) is 4.57 Å². The minimum Gasteiger partial charge on any atom is -0.383 e. The number of aromatic nitrogens is 1. The molecule has 0 aliphatic heterocycles. The summed E-state index contributed by atoms with van der Waals surface area (Å²) in [6.45, 7) is 0.545. The van der Waals surface area contributed by atoms with Crippen LogP contribution < -0.4 is 4.80 Å². The first kappa shape index (κ1) is 18.3. The molecule has 1 heterocycles. The quantitative estimate of drug-likeness (QED) is 0.681. The van der Waals surface area contributed by atoms with E-state index in [-0.39, 0.29) is 29.9 Å². The van der Waals surface area contributed by atoms with E-state index in [1.807, 2.05) is 0 Å². The maximum absolute atomic E-state index is 14.2. The van der Waals surface area contributed by atoms with Crippen LogP contribution in [0.25, 0.3) is 10.2 Å². The minimum atomic E-state index is -0.722. The molecule has 136 valence electrons. The number of thiazole rings is 1. The summed E-state index contributed by atoms with van der Waals surface area (Å²) in [7, 11) is 1.50. The second-order valence-corrected chi connectivity index (χ2v) is 6.58. The molecule has 0 saturated carbocycles. The molecule has 1 amide bonds. The van der Waals surface area contributed by atoms with Crippen LogP contribution in [0.5, 0.6) is 0 Å². The molecule has 0 radical (unpaired) electrons. The summed E-state index contributed by atoms with van der Waals surface area (Å²) < 4.78 is 47.5. The van der Waals surface area contributed by atoms with Crippen LogP contribution in [0.3, 0.4) is 0 Å². The maximum atomic E-state index is 14.2. The Bertz CT molecular complexity index is 1010. The number of halogens is 3. The number of ether oxygens (including phenoxy) is 1. The summed E-state index contributed by atoms with van der Waals surface area (Å²) in [5.41, 5.74) is 0.795. The first-order valence-corrected chi connectivity index (χ1v) is 8.59. The fourth-order valence-electron chi connectivity index (χ4n) is 2.53. The van der Waals surface area contributed by atoms with Crippen LogP contribution in [0.1, 0.15) is 5.56 Å². The average Bonchev–Trinajstić information content (AvgIpc) is 2.92. The second kappa shape index (κ2) is 7.84. The van der Waals surface area contributed by atoms with Crippen LogP contribution in [-0.2, 0) is 22.5 Å². The average molecular weight is 380 g/mol. The molecule has 1 aromatic heterocycles. The highest BCUT2D eigenvalue weighted by molar-refractivity contribution is 7.16. The Hall–Kier alpha value is -2.45. The number of hydrogen-bond acceptors (Lipinski definition) is 3. The molecule has 2 aromatic carbocycles. The molecule has 0 aliphatic carbocycles. The zero-order valence-electron chi connectivity index (χ0n) is 13.8. The van der Waals surface area contributed by atoms with Gasteiger partial charge in [-0.05, 0) is 23.8 Å². The molecule has 0 bridgehead atoms. The molecule has 0 N–H and O–H groups in total. The number of carbonyl (C=O) groups is 1. The number of carbonyl (C=O) groups excluding carboxylic acids is 1. The van der Waals surface area contributed by atoms with Gasteiger partial charge in [-0.3, -0.25) is 4.79 Å². The Morgan fingerprint density at radius 1 is 1.15 bits per heavy atom. The summed E-state index contributed by atoms with van der Waals surface area (Å²) in [4.78, 5) is 16.6. The summed E-state index contributed by atoms with van der Waals surface area (Å²) in [5, 5.41) is 0. The zero-order valence-corrected chi connectivity index (χ0v) is 14.7. The summed E-state index contributed by atoms with van der Waals surface area (Å²) in [6.07, 6.45) is -0.0182. The van der Waals surface area contributed by atoms with Crippen molar-refractivity contribution < 1.29 is 22.7 Å². The highest BCUT2D eigenvalue weighted by Crippen LogP contribution is 2.22. The van der Waals surface area contributed by atoms with E-state index in [4.69, 9.17) is 4.74 Å². The molecule has 0 saturated heterocycles. The van der Waals surface area contributed by atoms with Crippen molar-refractivity contribution in [3.63, 3.8) is 0 Å². The van der Waals surface area contributed by atoms with Crippen LogP contribution in [0, 0.1) is 17.5 Å². The third kappa shape index (κ3) is 4.03. The van der Waals surface area contributed by atoms with Gasteiger partial charge in [0.05, 0.1) is 23.2 Å². The number of benzene rings is 2. The van der Waals surface area contributed by atoms with Crippen molar-refractivity contribution >= 4 is 27.5 Å². The summed E-state index contributed by atoms with van der Waals surface area (Å²) >= 11 is 1.02. The van der Waals surface area contributed by atoms with Crippen LogP contribution >= 0.6 is 11.3 Å². The van der Waals surface area contributed by atoms with Gasteiger partial charge in [-0.15, -0.1) is 0 Å². The molecule has 0 aliphatic rings. The van der Waals surface area contributed by atoms with Gasteiger partial charge in [-0.25, -0.2) is 13.2 Å². The Labute approximate surface area is 151 Å². The van der Waals surface area contributed by atoms with Crippen LogP contribution in [0.2, 0.25) is 0 Å². The zero-order chi connectivity index (χ0) is 18.7. The second-order valence-electron chi connectivity index (χ2n) is 5.57. The van der Waals surface area contributed by atoms with E-state index < -0.39 is 23.4 Å². The van der Waals surface area contributed by atoms with E-state index in [0.29, 0.717) is 10.3 Å². The predicted molar refractivity (Wildman–Crippen MR) is 92.3 cm³/mol. The molecule has 4 nitrogen and oxygen atoms in total. The normalized spacial score (nSPS) is 12.1. The molecule has 0 fully saturated rings. The molecule has 3 aromatic rings. The first-order chi connectivity index (χ1) is 12.5. The van der Waals surface area contributed by atoms with Crippen molar-refractivity contribution in [1.29, 1.82) is 0 Å². The van der Waals surface area contributed by atoms with Gasteiger partial charge in [0.1, 0.15) is 11.6 Å². The molecule has 0 spiro atoms. The monoisotopic (exact) mass is 380 g/mol. The molecule has 8 heteroatoms. The van der Waals surface area contributed by atoms with E-state index in [0.717, 1.165) is 17.4 Å². The molecule has 0 unspecified atom stereocenters. The van der Waals surface area contributed by atoms with Gasteiger partial charge < -0.3 is 9.30 Å². The number of hydrogen-bond donors (Lipinski definition) is 0. The summed E-state index contributed by atoms with van der Waals surface area (Å²) in [6, 6.07) is 7.53. The van der Waals surface area contributed by atoms with E-state index in [2.05, 4.69) is 4.99 Å². The lowest BCUT2D eigenvalue weighted by atomic mass is 10.1. The number of rotatable bonds is 5. The molecule has 0 atom stereocenters. The van der Waals surface area contributed by atoms with E-state index in [1.165, 1.54) is 42.0 Å². The van der Waals surface area contributed by atoms with Crippen molar-refractivity contribution in [3.05, 3.63) is 64.2 Å². The Morgan fingerprint density at radius 2 is 1.88 bits per heavy atom. The first-order valence-electron chi connectivity index (χ1n) is 7.77. The Morgan fingerprint density at radius 3 is 2.58 bits per heavy atom. The fraction of sp³-hybridized carbons (Fsp3) is 0.222. The minimum absolute atomic E-state index is 0.0182. The highest BCUT2D eigenvalue weighted by Gasteiger charge is 2.14. The van der Waals surface area contributed by atoms with Crippen LogP contribution in [0.4, 0.5) is 13.2 Å². The lowest BCUT2D eigenvalue weighted by Gasteiger charge is -2.05. The number of amides is 1. The van der Waals surface area contributed by atoms with Crippen LogP contribution in [0.15, 0.2) is 41.4 Å². The van der Waals surface area contributed by atoms with Crippen LogP contribution in [-0.4, -0.2) is 24.2 Å². The van der Waals surface area contributed by atoms with Gasteiger partial charge in [0.15, 0.2) is 10.6 Å². The molecular weight excluding hydrogens is 365 g/mol. The molecule has 3 rings (SSSR count). The maximum Gasteiger partial charge on any atom is 0.252 e. The smallest absolute Gasteiger partial charge is 0.252 e. The SMILES string of the molecule is COCCn1c(=NC(=O)Cc2ccc(F)cc2)sc2cc(F)cc(F)c21. The number of fused-ring (bicyclic) bond motifs is 1. The van der Waals surface area contributed by atoms with Gasteiger partial charge in [0.25, 0.3) is 5.91 Å². The van der Waals surface area contributed by atoms with Crippen molar-refractivity contribution in [2.45, 2.75) is 13.0 Å². The lowest BCUT2D eigenvalue weighted by molar-refractivity contribution is -0.117. The number of nitrogens with zero attached hydrogens (tertiary/aromatic N) is 2. The van der Waals surface area contributed by atoms with E-state index in [9.17, 15) is 18.0 Å². The van der Waals surface area contributed by atoms with Crippen molar-refractivity contribution in [2.75, 3.05) is 13.7 Å². The van der Waals surface area contributed by atoms with E-state index in [1.54, 1.807) is 0 Å². The number of methoxy groups -OCH3 is 1. The largest absolute Gasteiger partial charge is 0.383 e. The lowest BCUT2D eigenvalue weighted by Crippen LogP contribution is -2.20. The molecular formula is C18H15F3N2O2S. The van der Waals surface area contributed by atoms with Gasteiger partial charge in [-0.1, -0.05) is 23.5 Å². The summed E-state index contributed by atoms with van der Waals surface area (Å²) in [5.74, 6) is -2.27. The van der Waals surface area contributed by atoms with Gasteiger partial charge in [-0.2, -0.15) is 4.99 Å².